The highest BCUT2D eigenvalue weighted by atomic mass is 16.6. The summed E-state index contributed by atoms with van der Waals surface area (Å²) >= 11 is 0. The molecule has 3 heterocycles. The molecular weight excluding hydrogens is 554 g/mol. The first-order chi connectivity index (χ1) is 20.4. The van der Waals surface area contributed by atoms with Gasteiger partial charge in [0, 0.05) is 51.1 Å². The van der Waals surface area contributed by atoms with Crippen molar-refractivity contribution >= 4 is 18.2 Å². The number of esters is 1. The molecule has 0 saturated carbocycles. The molecule has 3 rings (SSSR count). The normalized spacial score (nSPS) is 31.6. The Labute approximate surface area is 256 Å². The number of rotatable bonds is 6. The van der Waals surface area contributed by atoms with Gasteiger partial charge in [-0.15, -0.1) is 0 Å². The number of nitrogens with zero attached hydrogens (tertiary/aromatic N) is 3. The Hall–Kier alpha value is -2.89. The van der Waals surface area contributed by atoms with E-state index in [1.165, 1.54) is 4.90 Å². The van der Waals surface area contributed by atoms with E-state index in [4.69, 9.17) is 14.2 Å². The second-order valence-corrected chi connectivity index (χ2v) is 12.4. The zero-order valence-electron chi connectivity index (χ0n) is 26.4. The van der Waals surface area contributed by atoms with Gasteiger partial charge in [0.25, 0.3) is 0 Å². The molecule has 2 N–H and O–H groups in total. The SMILES string of the molecule is C/C(=C\C=C\[C@@H](C)COC(=O)N1CC[C@@H](O)C1)[C@H]1OC(=O)C[C@H](O)CC[C@H](C)[C@@H](OC(=O)N2CCN(C)CC2)/C=C/[C@@H]1C. The third kappa shape index (κ3) is 11.3. The highest BCUT2D eigenvalue weighted by Gasteiger charge is 2.29. The lowest BCUT2D eigenvalue weighted by atomic mass is 9.92. The number of aliphatic hydroxyl groups excluding tert-OH is 2. The number of likely N-dealkylation sites (N-methyl/N-ethyl adjacent to an activating group) is 1. The smallest absolute Gasteiger partial charge is 0.410 e. The van der Waals surface area contributed by atoms with E-state index in [-0.39, 0.29) is 36.9 Å². The van der Waals surface area contributed by atoms with Crippen molar-refractivity contribution in [2.75, 3.05) is 52.9 Å². The Morgan fingerprint density at radius 1 is 1.02 bits per heavy atom. The summed E-state index contributed by atoms with van der Waals surface area (Å²) in [6.45, 7) is 11.6. The molecule has 2 amide bonds. The van der Waals surface area contributed by atoms with Gasteiger partial charge < -0.3 is 39.1 Å². The van der Waals surface area contributed by atoms with Crippen LogP contribution >= 0.6 is 0 Å². The maximum atomic E-state index is 13.0. The van der Waals surface area contributed by atoms with Crippen LogP contribution in [0.2, 0.25) is 0 Å². The third-order valence-corrected chi connectivity index (χ3v) is 8.40. The zero-order valence-corrected chi connectivity index (χ0v) is 26.4. The number of likely N-dealkylation sites (tertiary alicyclic amines) is 1. The number of cyclic esters (lactones) is 1. The number of ether oxygens (including phenoxy) is 3. The summed E-state index contributed by atoms with van der Waals surface area (Å²) in [5, 5.41) is 20.1. The number of carbonyl (C=O) groups is 3. The Bertz CT molecular complexity index is 1020. The monoisotopic (exact) mass is 605 g/mol. The Morgan fingerprint density at radius 3 is 2.42 bits per heavy atom. The van der Waals surface area contributed by atoms with Crippen LogP contribution in [0, 0.1) is 17.8 Å². The number of piperazine rings is 1. The highest BCUT2D eigenvalue weighted by molar-refractivity contribution is 5.70. The Balaban J connectivity index is 1.66. The summed E-state index contributed by atoms with van der Waals surface area (Å²) in [6, 6.07) is 0. The van der Waals surface area contributed by atoms with Gasteiger partial charge in [0.1, 0.15) is 12.2 Å². The summed E-state index contributed by atoms with van der Waals surface area (Å²) in [5.74, 6) is -0.789. The minimum absolute atomic E-state index is 0.0471. The number of aliphatic hydroxyl groups is 2. The van der Waals surface area contributed by atoms with Gasteiger partial charge in [0.2, 0.25) is 0 Å². The van der Waals surface area contributed by atoms with Gasteiger partial charge in [-0.25, -0.2) is 9.59 Å². The van der Waals surface area contributed by atoms with Crippen molar-refractivity contribution in [3.63, 3.8) is 0 Å². The summed E-state index contributed by atoms with van der Waals surface area (Å²) in [6.07, 6.45) is 7.74. The number of allylic oxidation sites excluding steroid dienone is 2. The van der Waals surface area contributed by atoms with Crippen LogP contribution in [0.25, 0.3) is 0 Å². The fourth-order valence-electron chi connectivity index (χ4n) is 5.38. The lowest BCUT2D eigenvalue weighted by Crippen LogP contribution is -2.48. The second kappa shape index (κ2) is 16.8. The van der Waals surface area contributed by atoms with Crippen LogP contribution in [0.15, 0.2) is 36.0 Å². The third-order valence-electron chi connectivity index (χ3n) is 8.40. The van der Waals surface area contributed by atoms with Crippen molar-refractivity contribution in [3.05, 3.63) is 36.0 Å². The van der Waals surface area contributed by atoms with Crippen LogP contribution in [0.5, 0.6) is 0 Å². The summed E-state index contributed by atoms with van der Waals surface area (Å²) in [7, 11) is 2.03. The second-order valence-electron chi connectivity index (χ2n) is 12.4. The van der Waals surface area contributed by atoms with E-state index in [1.807, 2.05) is 65.1 Å². The molecule has 43 heavy (non-hydrogen) atoms. The van der Waals surface area contributed by atoms with Crippen LogP contribution in [0.1, 0.15) is 53.4 Å². The molecule has 11 nitrogen and oxygen atoms in total. The average Bonchev–Trinajstić information content (AvgIpc) is 3.41. The van der Waals surface area contributed by atoms with Gasteiger partial charge in [-0.05, 0) is 50.8 Å². The quantitative estimate of drug-likeness (QED) is 0.203. The van der Waals surface area contributed by atoms with Gasteiger partial charge in [-0.2, -0.15) is 0 Å². The topological polar surface area (TPSA) is 129 Å². The van der Waals surface area contributed by atoms with E-state index in [0.717, 1.165) is 18.7 Å². The molecule has 0 aliphatic carbocycles. The molecule has 2 saturated heterocycles. The highest BCUT2D eigenvalue weighted by Crippen LogP contribution is 2.25. The molecular formula is C32H51N3O8. The van der Waals surface area contributed by atoms with Crippen LogP contribution in [0.4, 0.5) is 9.59 Å². The average molecular weight is 606 g/mol. The van der Waals surface area contributed by atoms with E-state index >= 15 is 0 Å². The van der Waals surface area contributed by atoms with Crippen molar-refractivity contribution < 1.29 is 38.8 Å². The van der Waals surface area contributed by atoms with E-state index in [0.29, 0.717) is 45.4 Å². The maximum Gasteiger partial charge on any atom is 0.410 e. The lowest BCUT2D eigenvalue weighted by Gasteiger charge is -2.33. The fourth-order valence-corrected chi connectivity index (χ4v) is 5.38. The minimum atomic E-state index is -0.847. The first-order valence-corrected chi connectivity index (χ1v) is 15.6. The molecule has 0 aromatic rings. The largest absolute Gasteiger partial charge is 0.457 e. The van der Waals surface area contributed by atoms with Crippen molar-refractivity contribution in [2.45, 2.75) is 77.8 Å². The van der Waals surface area contributed by atoms with Crippen molar-refractivity contribution in [1.29, 1.82) is 0 Å². The van der Waals surface area contributed by atoms with E-state index < -0.39 is 36.5 Å². The predicted molar refractivity (Wildman–Crippen MR) is 162 cm³/mol. The van der Waals surface area contributed by atoms with Gasteiger partial charge in [-0.3, -0.25) is 4.79 Å². The molecule has 3 aliphatic rings. The van der Waals surface area contributed by atoms with Crippen molar-refractivity contribution in [2.24, 2.45) is 17.8 Å². The van der Waals surface area contributed by atoms with Crippen molar-refractivity contribution in [1.82, 2.24) is 14.7 Å². The summed E-state index contributed by atoms with van der Waals surface area (Å²) < 4.78 is 17.2. The summed E-state index contributed by atoms with van der Waals surface area (Å²) in [5.41, 5.74) is 0.808. The molecule has 7 atom stereocenters. The molecule has 3 aliphatic heterocycles. The molecule has 0 spiro atoms. The fraction of sp³-hybridized carbons (Fsp3) is 0.719. The predicted octanol–water partition coefficient (Wildman–Crippen LogP) is 3.37. The lowest BCUT2D eigenvalue weighted by molar-refractivity contribution is -0.151. The molecule has 2 fully saturated rings. The number of hydrogen-bond donors (Lipinski definition) is 2. The van der Waals surface area contributed by atoms with E-state index in [2.05, 4.69) is 4.90 Å². The molecule has 0 aromatic carbocycles. The molecule has 0 radical (unpaired) electrons. The number of amides is 2. The molecule has 242 valence electrons. The van der Waals surface area contributed by atoms with Crippen LogP contribution < -0.4 is 0 Å². The van der Waals surface area contributed by atoms with Gasteiger partial charge in [0.05, 0.1) is 25.2 Å². The van der Waals surface area contributed by atoms with Gasteiger partial charge in [-0.1, -0.05) is 45.1 Å². The molecule has 0 unspecified atom stereocenters. The first kappa shape index (κ1) is 34.6. The maximum absolute atomic E-state index is 13.0. The van der Waals surface area contributed by atoms with Crippen LogP contribution in [-0.2, 0) is 19.0 Å². The molecule has 11 heteroatoms. The van der Waals surface area contributed by atoms with Crippen LogP contribution in [-0.4, -0.2) is 120 Å². The van der Waals surface area contributed by atoms with E-state index in [9.17, 15) is 24.6 Å². The van der Waals surface area contributed by atoms with Gasteiger partial charge in [0.15, 0.2) is 0 Å². The summed E-state index contributed by atoms with van der Waals surface area (Å²) in [4.78, 5) is 43.3. The number of β-amino-alcohol motifs (C(OH)–C–C–N with tert-alkyl or cyclic N) is 1. The molecule has 0 aromatic heterocycles. The number of carbonyl (C=O) groups excluding carboxylic acids is 3. The van der Waals surface area contributed by atoms with E-state index in [1.54, 1.807) is 4.90 Å². The van der Waals surface area contributed by atoms with Crippen molar-refractivity contribution in [3.8, 4) is 0 Å². The zero-order chi connectivity index (χ0) is 31.5. The van der Waals surface area contributed by atoms with Gasteiger partial charge >= 0.3 is 18.2 Å². The Kier molecular flexibility index (Phi) is 13.5. The number of hydrogen-bond acceptors (Lipinski definition) is 9. The first-order valence-electron chi connectivity index (χ1n) is 15.6. The Morgan fingerprint density at radius 2 is 1.74 bits per heavy atom. The minimum Gasteiger partial charge on any atom is -0.457 e. The molecule has 0 bridgehead atoms. The standard InChI is InChI=1S/C32H51N3O8/c1-22(21-41-31(39)35-14-13-27(37)20-35)7-6-8-24(3)30-25(4)10-12-28(23(2)9-11-26(36)19-29(38)43-30)42-32(40)34-17-15-33(5)16-18-34/h6-8,10,12,22-23,25-28,30,36-37H,9,11,13-21H2,1-5H3/b7-6+,12-10+,24-8+/t22-,23+,25+,26-,27-,28+,30-/m1/s1. The van der Waals surface area contributed by atoms with Crippen LogP contribution in [0.3, 0.4) is 0 Å².